The van der Waals surface area contributed by atoms with Crippen molar-refractivity contribution in [3.8, 4) is 45.0 Å². The van der Waals surface area contributed by atoms with Gasteiger partial charge in [0.2, 0.25) is 0 Å². The molecule has 49 heavy (non-hydrogen) atoms. The molecule has 3 heteroatoms. The Morgan fingerprint density at radius 1 is 0.367 bits per heavy atom. The summed E-state index contributed by atoms with van der Waals surface area (Å²) in [6.45, 7) is 0. The number of thiophene rings is 1. The van der Waals surface area contributed by atoms with E-state index in [1.807, 2.05) is 11.3 Å². The van der Waals surface area contributed by atoms with Crippen LogP contribution >= 0.6 is 11.3 Å². The number of benzene rings is 8. The van der Waals surface area contributed by atoms with Crippen LogP contribution in [0.25, 0.3) is 97.5 Å². The standard InChI is InChI=1S/C46H28N2S/c1-2-13-29(14-3-1)32-17-8-9-20-35(32)41-28-42(39-23-12-22-38-36-21-10-11-24-43(36)49-45(38)39)48-46(47-41)44-34-19-7-5-16-31(34)27-40-33-18-6-4-15-30(33)25-26-37(40)44/h1-28H. The lowest BCUT2D eigenvalue weighted by molar-refractivity contribution is 1.19. The molecule has 0 aliphatic heterocycles. The van der Waals surface area contributed by atoms with E-state index in [1.165, 1.54) is 41.7 Å². The number of nitrogens with zero attached hydrogens (tertiary/aromatic N) is 2. The van der Waals surface area contributed by atoms with Gasteiger partial charge in [-0.3, -0.25) is 0 Å². The lowest BCUT2D eigenvalue weighted by atomic mass is 9.92. The van der Waals surface area contributed by atoms with E-state index in [0.29, 0.717) is 0 Å². The number of hydrogen-bond donors (Lipinski definition) is 0. The van der Waals surface area contributed by atoms with Crippen molar-refractivity contribution in [2.75, 3.05) is 0 Å². The predicted octanol–water partition coefficient (Wildman–Crippen LogP) is 13.0. The molecule has 0 aliphatic rings. The first-order chi connectivity index (χ1) is 24.3. The molecule has 10 rings (SSSR count). The van der Waals surface area contributed by atoms with E-state index in [1.54, 1.807) is 0 Å². The van der Waals surface area contributed by atoms with Crippen LogP contribution in [-0.4, -0.2) is 9.97 Å². The number of fused-ring (bicyclic) bond motifs is 7. The molecule has 0 fully saturated rings. The fourth-order valence-electron chi connectivity index (χ4n) is 7.42. The molecule has 0 aliphatic carbocycles. The van der Waals surface area contributed by atoms with Gasteiger partial charge in [-0.05, 0) is 61.6 Å². The highest BCUT2D eigenvalue weighted by Crippen LogP contribution is 2.43. The van der Waals surface area contributed by atoms with E-state index >= 15 is 0 Å². The van der Waals surface area contributed by atoms with Crippen molar-refractivity contribution in [1.29, 1.82) is 0 Å². The first kappa shape index (κ1) is 27.9. The lowest BCUT2D eigenvalue weighted by Gasteiger charge is -2.16. The summed E-state index contributed by atoms with van der Waals surface area (Å²) in [4.78, 5) is 11.0. The molecule has 2 heterocycles. The highest BCUT2D eigenvalue weighted by Gasteiger charge is 2.20. The van der Waals surface area contributed by atoms with Crippen molar-refractivity contribution in [3.63, 3.8) is 0 Å². The van der Waals surface area contributed by atoms with Crippen LogP contribution in [0, 0.1) is 0 Å². The van der Waals surface area contributed by atoms with Gasteiger partial charge in [0.1, 0.15) is 0 Å². The van der Waals surface area contributed by atoms with Crippen LogP contribution in [0.1, 0.15) is 0 Å². The van der Waals surface area contributed by atoms with Gasteiger partial charge in [0.25, 0.3) is 0 Å². The van der Waals surface area contributed by atoms with Gasteiger partial charge in [0, 0.05) is 36.9 Å². The van der Waals surface area contributed by atoms with Gasteiger partial charge < -0.3 is 0 Å². The highest BCUT2D eigenvalue weighted by molar-refractivity contribution is 7.26. The third-order valence-corrected chi connectivity index (χ3v) is 10.9. The summed E-state index contributed by atoms with van der Waals surface area (Å²) in [5.74, 6) is 0.727. The summed E-state index contributed by atoms with van der Waals surface area (Å²) >= 11 is 1.83. The molecular formula is C46H28N2S. The first-order valence-electron chi connectivity index (χ1n) is 16.6. The van der Waals surface area contributed by atoms with Gasteiger partial charge in [-0.1, -0.05) is 152 Å². The minimum absolute atomic E-state index is 0.727. The molecule has 0 saturated carbocycles. The molecule has 0 atom stereocenters. The molecule has 0 amide bonds. The maximum Gasteiger partial charge on any atom is 0.161 e. The van der Waals surface area contributed by atoms with E-state index < -0.39 is 0 Å². The molecule has 8 aromatic carbocycles. The average molecular weight is 641 g/mol. The van der Waals surface area contributed by atoms with E-state index in [9.17, 15) is 0 Å². The van der Waals surface area contributed by atoms with Crippen molar-refractivity contribution in [3.05, 3.63) is 170 Å². The molecule has 0 bridgehead atoms. The summed E-state index contributed by atoms with van der Waals surface area (Å²) in [7, 11) is 0. The van der Waals surface area contributed by atoms with Gasteiger partial charge in [-0.2, -0.15) is 0 Å². The Morgan fingerprint density at radius 3 is 1.86 bits per heavy atom. The second-order valence-corrected chi connectivity index (χ2v) is 13.6. The molecule has 10 aromatic rings. The predicted molar refractivity (Wildman–Crippen MR) is 209 cm³/mol. The zero-order chi connectivity index (χ0) is 32.3. The zero-order valence-electron chi connectivity index (χ0n) is 26.5. The van der Waals surface area contributed by atoms with Crippen molar-refractivity contribution in [1.82, 2.24) is 9.97 Å². The zero-order valence-corrected chi connectivity index (χ0v) is 27.3. The Hall–Kier alpha value is -6.16. The van der Waals surface area contributed by atoms with Crippen LogP contribution in [0.15, 0.2) is 170 Å². The van der Waals surface area contributed by atoms with E-state index in [2.05, 4.69) is 170 Å². The summed E-state index contributed by atoms with van der Waals surface area (Å²) in [5, 5.41) is 9.66. The van der Waals surface area contributed by atoms with Crippen molar-refractivity contribution >= 4 is 63.8 Å². The molecule has 0 spiro atoms. The monoisotopic (exact) mass is 640 g/mol. The van der Waals surface area contributed by atoms with Crippen molar-refractivity contribution < 1.29 is 0 Å². The third-order valence-electron chi connectivity index (χ3n) is 9.69. The molecule has 0 saturated heterocycles. The van der Waals surface area contributed by atoms with E-state index in [-0.39, 0.29) is 0 Å². The SMILES string of the molecule is c1ccc(-c2ccccc2-c2cc(-c3cccc4c3sc3ccccc34)nc(-c3c4ccccc4cc4c3ccc3ccccc34)n2)cc1. The number of hydrogen-bond acceptors (Lipinski definition) is 3. The quantitative estimate of drug-likeness (QED) is 0.141. The summed E-state index contributed by atoms with van der Waals surface area (Å²) in [5.41, 5.74) is 7.39. The third kappa shape index (κ3) is 4.55. The Bertz CT molecular complexity index is 2890. The number of aromatic nitrogens is 2. The minimum Gasteiger partial charge on any atom is -0.228 e. The normalized spacial score (nSPS) is 11.7. The molecule has 228 valence electrons. The van der Waals surface area contributed by atoms with E-state index in [4.69, 9.17) is 9.97 Å². The van der Waals surface area contributed by atoms with Gasteiger partial charge in [-0.15, -0.1) is 11.3 Å². The van der Waals surface area contributed by atoms with Gasteiger partial charge in [0.05, 0.1) is 11.4 Å². The molecular weight excluding hydrogens is 613 g/mol. The molecule has 2 nitrogen and oxygen atoms in total. The molecule has 0 radical (unpaired) electrons. The summed E-state index contributed by atoms with van der Waals surface area (Å²) < 4.78 is 2.52. The topological polar surface area (TPSA) is 25.8 Å². The van der Waals surface area contributed by atoms with Crippen molar-refractivity contribution in [2.45, 2.75) is 0 Å². The highest BCUT2D eigenvalue weighted by atomic mass is 32.1. The van der Waals surface area contributed by atoms with E-state index in [0.717, 1.165) is 55.8 Å². The van der Waals surface area contributed by atoms with Crippen LogP contribution in [0.5, 0.6) is 0 Å². The van der Waals surface area contributed by atoms with Crippen LogP contribution in [-0.2, 0) is 0 Å². The van der Waals surface area contributed by atoms with Crippen LogP contribution in [0.2, 0.25) is 0 Å². The number of rotatable bonds is 4. The molecule has 0 unspecified atom stereocenters. The second kappa shape index (κ2) is 11.2. The van der Waals surface area contributed by atoms with Gasteiger partial charge >= 0.3 is 0 Å². The first-order valence-corrected chi connectivity index (χ1v) is 17.4. The Morgan fingerprint density at radius 2 is 1.00 bits per heavy atom. The average Bonchev–Trinajstić information content (AvgIpc) is 3.56. The lowest BCUT2D eigenvalue weighted by Crippen LogP contribution is -1.98. The van der Waals surface area contributed by atoms with Crippen LogP contribution < -0.4 is 0 Å². The molecule has 0 N–H and O–H groups in total. The summed E-state index contributed by atoms with van der Waals surface area (Å²) in [6.07, 6.45) is 0. The Labute approximate surface area is 287 Å². The van der Waals surface area contributed by atoms with Crippen LogP contribution in [0.4, 0.5) is 0 Å². The van der Waals surface area contributed by atoms with Gasteiger partial charge in [0.15, 0.2) is 5.82 Å². The molecule has 2 aromatic heterocycles. The second-order valence-electron chi connectivity index (χ2n) is 12.5. The smallest absolute Gasteiger partial charge is 0.161 e. The maximum atomic E-state index is 5.50. The fraction of sp³-hybridized carbons (Fsp3) is 0. The largest absolute Gasteiger partial charge is 0.228 e. The van der Waals surface area contributed by atoms with Crippen LogP contribution in [0.3, 0.4) is 0 Å². The minimum atomic E-state index is 0.727. The fourth-order valence-corrected chi connectivity index (χ4v) is 8.65. The maximum absolute atomic E-state index is 5.50. The van der Waals surface area contributed by atoms with Gasteiger partial charge in [-0.25, -0.2) is 9.97 Å². The Kier molecular flexibility index (Phi) is 6.39. The Balaban J connectivity index is 1.33. The van der Waals surface area contributed by atoms with Crippen molar-refractivity contribution in [2.24, 2.45) is 0 Å². The summed E-state index contributed by atoms with van der Waals surface area (Å²) in [6, 6.07) is 60.7.